The predicted molar refractivity (Wildman–Crippen MR) is 73.8 cm³/mol. The third kappa shape index (κ3) is 3.26. The lowest BCUT2D eigenvalue weighted by Gasteiger charge is -2.09. The summed E-state index contributed by atoms with van der Waals surface area (Å²) in [6.45, 7) is 0.595. The Balaban J connectivity index is 2.03. The van der Waals surface area contributed by atoms with Crippen molar-refractivity contribution in [2.24, 2.45) is 7.05 Å². The molecule has 1 aromatic carbocycles. The Bertz CT molecular complexity index is 595. The summed E-state index contributed by atoms with van der Waals surface area (Å²) in [5.74, 6) is -1.04. The number of carboxylic acids is 1. The van der Waals surface area contributed by atoms with Gasteiger partial charge in [0, 0.05) is 26.2 Å². The highest BCUT2D eigenvalue weighted by Crippen LogP contribution is 2.24. The van der Waals surface area contributed by atoms with Gasteiger partial charge in [0.2, 0.25) is 0 Å². The fourth-order valence-corrected chi connectivity index (χ4v) is 2.07. The van der Waals surface area contributed by atoms with Crippen LogP contribution in [0, 0.1) is 0 Å². The maximum Gasteiger partial charge on any atom is 0.339 e. The first-order valence-corrected chi connectivity index (χ1v) is 6.20. The molecule has 0 aliphatic carbocycles. The van der Waals surface area contributed by atoms with Crippen LogP contribution >= 0.6 is 11.6 Å². The monoisotopic (exact) mass is 279 g/mol. The minimum absolute atomic E-state index is 0.102. The van der Waals surface area contributed by atoms with Gasteiger partial charge >= 0.3 is 5.97 Å². The van der Waals surface area contributed by atoms with Gasteiger partial charge in [0.1, 0.15) is 5.56 Å². The summed E-state index contributed by atoms with van der Waals surface area (Å²) >= 11 is 5.89. The van der Waals surface area contributed by atoms with Crippen LogP contribution in [0.5, 0.6) is 0 Å². The lowest BCUT2D eigenvalue weighted by molar-refractivity contribution is 0.0698. The number of nitrogens with zero attached hydrogens (tertiary/aromatic N) is 2. The normalized spacial score (nSPS) is 10.4. The van der Waals surface area contributed by atoms with Crippen LogP contribution in [0.15, 0.2) is 30.5 Å². The van der Waals surface area contributed by atoms with Crippen molar-refractivity contribution in [2.45, 2.75) is 6.42 Å². The van der Waals surface area contributed by atoms with Crippen molar-refractivity contribution in [2.75, 3.05) is 11.9 Å². The molecule has 0 amide bonds. The van der Waals surface area contributed by atoms with E-state index in [0.717, 1.165) is 5.69 Å². The van der Waals surface area contributed by atoms with Crippen LogP contribution in [0.3, 0.4) is 0 Å². The molecule has 0 fully saturated rings. The largest absolute Gasteiger partial charge is 0.478 e. The van der Waals surface area contributed by atoms with E-state index in [4.69, 9.17) is 16.7 Å². The van der Waals surface area contributed by atoms with Gasteiger partial charge in [-0.1, -0.05) is 17.7 Å². The number of carboxylic acid groups (broad SMARTS) is 1. The van der Waals surface area contributed by atoms with Gasteiger partial charge in [-0.2, -0.15) is 5.10 Å². The highest BCUT2D eigenvalue weighted by molar-refractivity contribution is 6.34. The molecule has 1 heterocycles. The molecule has 2 aromatic rings. The smallest absolute Gasteiger partial charge is 0.339 e. The van der Waals surface area contributed by atoms with Crippen molar-refractivity contribution in [1.29, 1.82) is 0 Å². The van der Waals surface area contributed by atoms with Gasteiger partial charge in [0.05, 0.1) is 16.4 Å². The number of aryl methyl sites for hydroxylation is 1. The summed E-state index contributed by atoms with van der Waals surface area (Å²) in [5, 5.41) is 16.7. The average molecular weight is 280 g/mol. The number of rotatable bonds is 5. The summed E-state index contributed by atoms with van der Waals surface area (Å²) in [7, 11) is 1.86. The fraction of sp³-hybridized carbons (Fsp3) is 0.231. The standard InChI is InChI=1S/C13H14ClN3O2/c1-17-8-6-9(16-17)5-7-15-11-4-2-3-10(14)12(11)13(18)19/h2-4,6,8,15H,5,7H2,1H3,(H,18,19). The molecule has 2 N–H and O–H groups in total. The Morgan fingerprint density at radius 1 is 1.47 bits per heavy atom. The molecule has 1 aromatic heterocycles. The molecule has 100 valence electrons. The predicted octanol–water partition coefficient (Wildman–Crippen LogP) is 2.43. The molecule has 0 saturated carbocycles. The SMILES string of the molecule is Cn1ccc(CCNc2cccc(Cl)c2C(=O)O)n1. The first-order valence-electron chi connectivity index (χ1n) is 5.82. The van der Waals surface area contributed by atoms with Gasteiger partial charge in [-0.25, -0.2) is 4.79 Å². The van der Waals surface area contributed by atoms with E-state index < -0.39 is 5.97 Å². The van der Waals surface area contributed by atoms with Crippen LogP contribution in [0.4, 0.5) is 5.69 Å². The Hall–Kier alpha value is -2.01. The van der Waals surface area contributed by atoms with E-state index in [-0.39, 0.29) is 10.6 Å². The van der Waals surface area contributed by atoms with Gasteiger partial charge in [0.25, 0.3) is 0 Å². The lowest BCUT2D eigenvalue weighted by atomic mass is 10.1. The summed E-state index contributed by atoms with van der Waals surface area (Å²) in [5.41, 5.74) is 1.58. The second kappa shape index (κ2) is 5.75. The second-order valence-corrected chi connectivity index (χ2v) is 4.53. The number of benzene rings is 1. The van der Waals surface area contributed by atoms with Crippen LogP contribution in [0.25, 0.3) is 0 Å². The minimum atomic E-state index is -1.04. The van der Waals surface area contributed by atoms with E-state index in [1.807, 2.05) is 19.3 Å². The molecule has 0 aliphatic heterocycles. The molecule has 0 bridgehead atoms. The third-order valence-electron chi connectivity index (χ3n) is 2.69. The van der Waals surface area contributed by atoms with Crippen molar-refractivity contribution in [1.82, 2.24) is 9.78 Å². The van der Waals surface area contributed by atoms with Crippen LogP contribution in [0.1, 0.15) is 16.1 Å². The number of carbonyl (C=O) groups is 1. The van der Waals surface area contributed by atoms with Crippen molar-refractivity contribution in [3.8, 4) is 0 Å². The number of aromatic carboxylic acids is 1. The zero-order valence-electron chi connectivity index (χ0n) is 10.4. The first kappa shape index (κ1) is 13.4. The molecule has 0 unspecified atom stereocenters. The molecule has 0 spiro atoms. The average Bonchev–Trinajstić information content (AvgIpc) is 2.74. The number of aromatic nitrogens is 2. The van der Waals surface area contributed by atoms with Gasteiger partial charge < -0.3 is 10.4 Å². The van der Waals surface area contributed by atoms with Crippen LogP contribution in [0.2, 0.25) is 5.02 Å². The van der Waals surface area contributed by atoms with E-state index >= 15 is 0 Å². The molecule has 0 radical (unpaired) electrons. The van der Waals surface area contributed by atoms with Gasteiger partial charge in [-0.15, -0.1) is 0 Å². The maximum atomic E-state index is 11.1. The van der Waals surface area contributed by atoms with Crippen molar-refractivity contribution in [3.63, 3.8) is 0 Å². The number of hydrogen-bond donors (Lipinski definition) is 2. The number of halogens is 1. The van der Waals surface area contributed by atoms with E-state index in [1.54, 1.807) is 22.9 Å². The molecule has 0 saturated heterocycles. The second-order valence-electron chi connectivity index (χ2n) is 4.13. The van der Waals surface area contributed by atoms with Gasteiger partial charge in [-0.05, 0) is 18.2 Å². The van der Waals surface area contributed by atoms with Gasteiger partial charge in [0.15, 0.2) is 0 Å². The molecule has 0 atom stereocenters. The van der Waals surface area contributed by atoms with Crippen molar-refractivity contribution >= 4 is 23.3 Å². The maximum absolute atomic E-state index is 11.1. The Labute approximate surface area is 115 Å². The molecule has 0 aliphatic rings. The molecule has 2 rings (SSSR count). The highest BCUT2D eigenvalue weighted by Gasteiger charge is 2.13. The van der Waals surface area contributed by atoms with E-state index in [1.165, 1.54) is 0 Å². The number of hydrogen-bond acceptors (Lipinski definition) is 3. The Morgan fingerprint density at radius 3 is 2.89 bits per heavy atom. The molecule has 19 heavy (non-hydrogen) atoms. The molecular weight excluding hydrogens is 266 g/mol. The lowest BCUT2D eigenvalue weighted by Crippen LogP contribution is -2.10. The van der Waals surface area contributed by atoms with Crippen LogP contribution < -0.4 is 5.32 Å². The minimum Gasteiger partial charge on any atom is -0.478 e. The zero-order valence-corrected chi connectivity index (χ0v) is 11.2. The van der Waals surface area contributed by atoms with Crippen molar-refractivity contribution in [3.05, 3.63) is 46.7 Å². The topological polar surface area (TPSA) is 67.2 Å². The zero-order chi connectivity index (χ0) is 13.8. The summed E-state index contributed by atoms with van der Waals surface area (Å²) in [6, 6.07) is 6.92. The quantitative estimate of drug-likeness (QED) is 0.882. The van der Waals surface area contributed by atoms with Crippen LogP contribution in [-0.2, 0) is 13.5 Å². The first-order chi connectivity index (χ1) is 9.08. The summed E-state index contributed by atoms with van der Waals surface area (Å²) < 4.78 is 1.73. The summed E-state index contributed by atoms with van der Waals surface area (Å²) in [4.78, 5) is 11.1. The van der Waals surface area contributed by atoms with E-state index in [9.17, 15) is 4.79 Å². The molecule has 5 nitrogen and oxygen atoms in total. The number of nitrogens with one attached hydrogen (secondary N) is 1. The van der Waals surface area contributed by atoms with E-state index in [2.05, 4.69) is 10.4 Å². The van der Waals surface area contributed by atoms with Gasteiger partial charge in [-0.3, -0.25) is 4.68 Å². The number of anilines is 1. The van der Waals surface area contributed by atoms with E-state index in [0.29, 0.717) is 18.7 Å². The Morgan fingerprint density at radius 2 is 2.26 bits per heavy atom. The van der Waals surface area contributed by atoms with Crippen LogP contribution in [-0.4, -0.2) is 27.4 Å². The Kier molecular flexibility index (Phi) is 4.06. The molecular formula is C13H14ClN3O2. The molecule has 6 heteroatoms. The third-order valence-corrected chi connectivity index (χ3v) is 3.01. The highest BCUT2D eigenvalue weighted by atomic mass is 35.5. The fourth-order valence-electron chi connectivity index (χ4n) is 1.81. The summed E-state index contributed by atoms with van der Waals surface area (Å²) in [6.07, 6.45) is 2.59. The van der Waals surface area contributed by atoms with Crippen molar-refractivity contribution < 1.29 is 9.90 Å².